The van der Waals surface area contributed by atoms with Crippen LogP contribution in [0.1, 0.15) is 44.5 Å². The molecule has 2 heteroatoms. The van der Waals surface area contributed by atoms with E-state index in [9.17, 15) is 0 Å². The fourth-order valence-electron chi connectivity index (χ4n) is 11.5. The van der Waals surface area contributed by atoms with Crippen LogP contribution in [0.3, 0.4) is 0 Å². The number of rotatable bonds is 6. The number of hydrogen-bond donors (Lipinski definition) is 0. The average molecular weight is 832 g/mol. The highest BCUT2D eigenvalue weighted by Gasteiger charge is 2.52. The summed E-state index contributed by atoms with van der Waals surface area (Å²) in [6.45, 7) is 0. The fraction of sp³-hybridized carbons (Fsp3) is 0.0323. The maximum atomic E-state index is 2.55. The van der Waals surface area contributed by atoms with Crippen molar-refractivity contribution in [3.8, 4) is 33.4 Å². The minimum Gasteiger partial charge on any atom is -0.310 e. The smallest absolute Gasteiger partial charge is 0.0756 e. The molecule has 10 aromatic carbocycles. The van der Waals surface area contributed by atoms with Gasteiger partial charge in [0.2, 0.25) is 0 Å². The Morgan fingerprint density at radius 2 is 0.750 bits per heavy atom. The predicted molar refractivity (Wildman–Crippen MR) is 265 cm³/mol. The van der Waals surface area contributed by atoms with Gasteiger partial charge >= 0.3 is 0 Å². The average Bonchev–Trinajstić information content (AvgIpc) is 3.83. The van der Waals surface area contributed by atoms with E-state index < -0.39 is 10.8 Å². The molecule has 3 aliphatic rings. The van der Waals surface area contributed by atoms with Crippen molar-refractivity contribution in [2.75, 3.05) is 4.90 Å². The normalized spacial score (nSPS) is 14.1. The summed E-state index contributed by atoms with van der Waals surface area (Å²) in [5.74, 6) is 0. The molecule has 0 fully saturated rings. The van der Waals surface area contributed by atoms with E-state index in [0.717, 1.165) is 11.4 Å². The van der Waals surface area contributed by atoms with Crippen LogP contribution in [0.5, 0.6) is 0 Å². The molecule has 0 aromatic heterocycles. The number of nitrogens with zero attached hydrogens (tertiary/aromatic N) is 1. The lowest BCUT2D eigenvalue weighted by Gasteiger charge is -2.43. The lowest BCUT2D eigenvalue weighted by atomic mass is 9.66. The third-order valence-corrected chi connectivity index (χ3v) is 15.2. The van der Waals surface area contributed by atoms with Crippen LogP contribution in [-0.2, 0) is 10.8 Å². The van der Waals surface area contributed by atoms with E-state index in [2.05, 4.69) is 254 Å². The predicted octanol–water partition coefficient (Wildman–Crippen LogP) is 16.0. The Balaban J connectivity index is 1.12. The highest BCUT2D eigenvalue weighted by molar-refractivity contribution is 7.99. The number of benzene rings is 10. The molecule has 2 aliphatic carbocycles. The topological polar surface area (TPSA) is 3.24 Å². The molecule has 1 nitrogen and oxygen atoms in total. The van der Waals surface area contributed by atoms with Gasteiger partial charge in [0, 0.05) is 26.7 Å². The van der Waals surface area contributed by atoms with Gasteiger partial charge in [0.05, 0.1) is 16.5 Å². The Morgan fingerprint density at radius 1 is 0.297 bits per heavy atom. The van der Waals surface area contributed by atoms with Gasteiger partial charge in [-0.3, -0.25) is 0 Å². The van der Waals surface area contributed by atoms with Gasteiger partial charge in [0.25, 0.3) is 0 Å². The van der Waals surface area contributed by atoms with Crippen molar-refractivity contribution in [3.05, 3.63) is 293 Å². The highest BCUT2D eigenvalue weighted by Crippen LogP contribution is 2.65. The Hall–Kier alpha value is -7.65. The van der Waals surface area contributed by atoms with Gasteiger partial charge in [-0.15, -0.1) is 0 Å². The first-order valence-electron chi connectivity index (χ1n) is 22.2. The maximum absolute atomic E-state index is 2.55. The van der Waals surface area contributed by atoms with Gasteiger partial charge in [-0.1, -0.05) is 218 Å². The molecule has 0 amide bonds. The van der Waals surface area contributed by atoms with E-state index in [1.807, 2.05) is 11.8 Å². The molecular formula is C62H41NS. The lowest BCUT2D eigenvalue weighted by molar-refractivity contribution is 0.722. The molecule has 13 rings (SSSR count). The quantitative estimate of drug-likeness (QED) is 0.164. The Morgan fingerprint density at radius 3 is 1.36 bits per heavy atom. The van der Waals surface area contributed by atoms with Crippen molar-refractivity contribution >= 4 is 28.8 Å². The molecule has 1 aliphatic heterocycles. The van der Waals surface area contributed by atoms with E-state index in [4.69, 9.17) is 0 Å². The Kier molecular flexibility index (Phi) is 8.35. The molecule has 64 heavy (non-hydrogen) atoms. The summed E-state index contributed by atoms with van der Waals surface area (Å²) < 4.78 is 0. The van der Waals surface area contributed by atoms with Crippen LogP contribution in [0.15, 0.2) is 259 Å². The third-order valence-electron chi connectivity index (χ3n) is 14.0. The Labute approximate surface area is 379 Å². The molecule has 0 atom stereocenters. The summed E-state index contributed by atoms with van der Waals surface area (Å²) in [6.07, 6.45) is 0. The molecule has 1 spiro atoms. The van der Waals surface area contributed by atoms with Crippen LogP contribution in [0.4, 0.5) is 17.1 Å². The van der Waals surface area contributed by atoms with E-state index in [0.29, 0.717) is 0 Å². The van der Waals surface area contributed by atoms with Crippen LogP contribution in [0, 0.1) is 0 Å². The minimum absolute atomic E-state index is 0.539. The summed E-state index contributed by atoms with van der Waals surface area (Å²) in [6, 6.07) is 92.8. The van der Waals surface area contributed by atoms with Gasteiger partial charge in [-0.2, -0.15) is 0 Å². The van der Waals surface area contributed by atoms with Crippen molar-refractivity contribution in [1.82, 2.24) is 0 Å². The lowest BCUT2D eigenvalue weighted by Crippen LogP contribution is -2.34. The van der Waals surface area contributed by atoms with Gasteiger partial charge < -0.3 is 4.90 Å². The van der Waals surface area contributed by atoms with E-state index in [1.54, 1.807) is 0 Å². The Bertz CT molecular complexity index is 3320. The third kappa shape index (κ3) is 5.15. The summed E-state index contributed by atoms with van der Waals surface area (Å²) in [5, 5.41) is 0. The van der Waals surface area contributed by atoms with Gasteiger partial charge in [-0.25, -0.2) is 0 Å². The van der Waals surface area contributed by atoms with E-state index in [1.165, 1.54) is 93.4 Å². The van der Waals surface area contributed by atoms with Crippen molar-refractivity contribution < 1.29 is 0 Å². The van der Waals surface area contributed by atoms with Crippen molar-refractivity contribution in [2.24, 2.45) is 0 Å². The SMILES string of the molecule is c1ccc(-c2ccc(N(c3ccc4c(c3)C(c3ccccc3)(c3ccccc3)c3ccccc3-4)c3cccc4c3C3(c5ccccc5S4)c4ccccc4-c4ccccc43)cc2)cc1. The molecule has 1 heterocycles. The maximum Gasteiger partial charge on any atom is 0.0756 e. The van der Waals surface area contributed by atoms with Crippen LogP contribution in [0.25, 0.3) is 33.4 Å². The highest BCUT2D eigenvalue weighted by atomic mass is 32.2. The largest absolute Gasteiger partial charge is 0.310 e. The zero-order valence-corrected chi connectivity index (χ0v) is 35.8. The fourth-order valence-corrected chi connectivity index (χ4v) is 12.7. The number of hydrogen-bond acceptors (Lipinski definition) is 2. The van der Waals surface area contributed by atoms with Crippen molar-refractivity contribution in [1.29, 1.82) is 0 Å². The van der Waals surface area contributed by atoms with Crippen LogP contribution in [-0.4, -0.2) is 0 Å². The van der Waals surface area contributed by atoms with Gasteiger partial charge in [0.1, 0.15) is 0 Å². The van der Waals surface area contributed by atoms with Gasteiger partial charge in [-0.05, 0) is 115 Å². The summed E-state index contributed by atoms with van der Waals surface area (Å²) in [5.41, 5.74) is 20.2. The summed E-state index contributed by atoms with van der Waals surface area (Å²) >= 11 is 1.89. The van der Waals surface area contributed by atoms with Crippen molar-refractivity contribution in [2.45, 2.75) is 20.6 Å². The van der Waals surface area contributed by atoms with Crippen LogP contribution in [0.2, 0.25) is 0 Å². The number of fused-ring (bicyclic) bond motifs is 12. The first-order valence-corrected chi connectivity index (χ1v) is 23.0. The number of anilines is 3. The van der Waals surface area contributed by atoms with Gasteiger partial charge in [0.15, 0.2) is 0 Å². The molecule has 10 aromatic rings. The zero-order valence-electron chi connectivity index (χ0n) is 35.0. The van der Waals surface area contributed by atoms with Crippen LogP contribution < -0.4 is 4.90 Å². The zero-order chi connectivity index (χ0) is 42.2. The molecule has 0 radical (unpaired) electrons. The summed E-state index contributed by atoms with van der Waals surface area (Å²) in [4.78, 5) is 5.12. The molecule has 0 N–H and O–H groups in total. The first kappa shape index (κ1) is 37.0. The monoisotopic (exact) mass is 831 g/mol. The second-order valence-corrected chi connectivity index (χ2v) is 18.2. The minimum atomic E-state index is -0.562. The molecule has 300 valence electrons. The van der Waals surface area contributed by atoms with E-state index >= 15 is 0 Å². The molecule has 0 saturated heterocycles. The van der Waals surface area contributed by atoms with Crippen LogP contribution >= 0.6 is 11.8 Å². The second-order valence-electron chi connectivity index (χ2n) is 17.1. The standard InChI is InChI=1S/C62H41NS/c1-4-19-42(20-5-1)43-35-37-46(38-36-43)63(47-39-40-51-50-27-10-13-28-52(50)61(56(51)41-47,44-21-6-2-7-22-44)45-23-8-3-9-24-45)57-32-18-34-59-60(57)62(55-31-16-17-33-58(55)64-59)53-29-14-11-25-48(53)49-26-12-15-30-54(49)62/h1-41H. The molecule has 0 bridgehead atoms. The molecule has 0 unspecified atom stereocenters. The summed E-state index contributed by atoms with van der Waals surface area (Å²) in [7, 11) is 0. The second kappa shape index (κ2) is 14.5. The first-order chi connectivity index (χ1) is 31.8. The molecular weight excluding hydrogens is 791 g/mol. The molecule has 0 saturated carbocycles. The van der Waals surface area contributed by atoms with Crippen molar-refractivity contribution in [3.63, 3.8) is 0 Å². The van der Waals surface area contributed by atoms with E-state index in [-0.39, 0.29) is 0 Å².